The third-order valence-electron chi connectivity index (χ3n) is 5.12. The fourth-order valence-electron chi connectivity index (χ4n) is 3.58. The zero-order valence-corrected chi connectivity index (χ0v) is 17.5. The Morgan fingerprint density at radius 2 is 1.81 bits per heavy atom. The molecule has 1 atom stereocenters. The number of hydrogen-bond acceptors (Lipinski definition) is 5. The highest BCUT2D eigenvalue weighted by atomic mass is 16.5. The van der Waals surface area contributed by atoms with Crippen molar-refractivity contribution >= 4 is 29.2 Å². The van der Waals surface area contributed by atoms with E-state index in [0.717, 1.165) is 4.90 Å². The monoisotopic (exact) mass is 430 g/mol. The highest BCUT2D eigenvalue weighted by Crippen LogP contribution is 2.30. The molecule has 0 saturated carbocycles. The lowest BCUT2D eigenvalue weighted by Crippen LogP contribution is -2.37. The minimum absolute atomic E-state index is 0.106. The van der Waals surface area contributed by atoms with Crippen LogP contribution in [0.15, 0.2) is 79.0 Å². The van der Waals surface area contributed by atoms with Crippen LogP contribution < -0.4 is 15.0 Å². The zero-order valence-electron chi connectivity index (χ0n) is 17.5. The summed E-state index contributed by atoms with van der Waals surface area (Å²) >= 11 is 0. The summed E-state index contributed by atoms with van der Waals surface area (Å²) < 4.78 is 5.23. The summed E-state index contributed by atoms with van der Waals surface area (Å²) in [5.41, 5.74) is 1.63. The zero-order chi connectivity index (χ0) is 22.5. The molecule has 162 valence electrons. The van der Waals surface area contributed by atoms with Gasteiger partial charge in [0.1, 0.15) is 11.8 Å². The maximum absolute atomic E-state index is 13.3. The maximum Gasteiger partial charge on any atom is 0.332 e. The first kappa shape index (κ1) is 21.0. The number of pyridine rings is 1. The molecule has 8 heteroatoms. The number of benzene rings is 2. The van der Waals surface area contributed by atoms with Crippen molar-refractivity contribution in [3.05, 3.63) is 84.7 Å². The summed E-state index contributed by atoms with van der Waals surface area (Å²) in [6, 6.07) is 19.5. The minimum atomic E-state index is -0.959. The molecule has 1 N–H and O–H groups in total. The number of imide groups is 1. The van der Waals surface area contributed by atoms with Gasteiger partial charge in [0.15, 0.2) is 0 Å². The van der Waals surface area contributed by atoms with E-state index in [-0.39, 0.29) is 18.9 Å². The van der Waals surface area contributed by atoms with E-state index >= 15 is 0 Å². The van der Waals surface area contributed by atoms with Gasteiger partial charge < -0.3 is 15.0 Å². The molecule has 0 unspecified atom stereocenters. The van der Waals surface area contributed by atoms with Gasteiger partial charge in [-0.15, -0.1) is 0 Å². The van der Waals surface area contributed by atoms with Crippen molar-refractivity contribution in [1.82, 2.24) is 9.88 Å². The second kappa shape index (κ2) is 9.30. The SMILES string of the molecule is COc1cccc(N2C(=O)[C@H](CC(=O)Nc3ccccc3)N(Cc3ccccn3)C2=O)c1. The Labute approximate surface area is 185 Å². The van der Waals surface area contributed by atoms with E-state index < -0.39 is 18.0 Å². The highest BCUT2D eigenvalue weighted by molar-refractivity contribution is 6.22. The van der Waals surface area contributed by atoms with E-state index in [1.165, 1.54) is 12.0 Å². The first-order valence-electron chi connectivity index (χ1n) is 10.1. The third kappa shape index (κ3) is 4.44. The molecule has 1 fully saturated rings. The van der Waals surface area contributed by atoms with Crippen molar-refractivity contribution in [1.29, 1.82) is 0 Å². The normalized spacial score (nSPS) is 15.7. The quantitative estimate of drug-likeness (QED) is 0.580. The summed E-state index contributed by atoms with van der Waals surface area (Å²) in [6.07, 6.45) is 1.45. The number of ether oxygens (including phenoxy) is 1. The molecule has 1 aliphatic rings. The number of amides is 4. The molecule has 1 saturated heterocycles. The summed E-state index contributed by atoms with van der Waals surface area (Å²) in [7, 11) is 1.51. The van der Waals surface area contributed by atoms with Crippen molar-refractivity contribution < 1.29 is 19.1 Å². The molecule has 2 aromatic carbocycles. The second-order valence-electron chi connectivity index (χ2n) is 7.24. The van der Waals surface area contributed by atoms with Crippen LogP contribution in [0.25, 0.3) is 0 Å². The van der Waals surface area contributed by atoms with Crippen molar-refractivity contribution in [2.24, 2.45) is 0 Å². The molecule has 2 heterocycles. The van der Waals surface area contributed by atoms with Crippen LogP contribution in [-0.2, 0) is 16.1 Å². The van der Waals surface area contributed by atoms with E-state index in [1.54, 1.807) is 66.9 Å². The topological polar surface area (TPSA) is 91.8 Å². The molecule has 0 bridgehead atoms. The predicted octanol–water partition coefficient (Wildman–Crippen LogP) is 3.46. The van der Waals surface area contributed by atoms with Gasteiger partial charge >= 0.3 is 6.03 Å². The summed E-state index contributed by atoms with van der Waals surface area (Å²) in [6.45, 7) is 0.106. The molecule has 32 heavy (non-hydrogen) atoms. The van der Waals surface area contributed by atoms with E-state index in [4.69, 9.17) is 4.74 Å². The number of urea groups is 1. The average Bonchev–Trinajstić information content (AvgIpc) is 3.04. The van der Waals surface area contributed by atoms with Crippen LogP contribution in [0.2, 0.25) is 0 Å². The van der Waals surface area contributed by atoms with Gasteiger partial charge in [-0.2, -0.15) is 0 Å². The van der Waals surface area contributed by atoms with Gasteiger partial charge in [0, 0.05) is 18.0 Å². The number of carbonyl (C=O) groups is 3. The lowest BCUT2D eigenvalue weighted by atomic mass is 10.1. The van der Waals surface area contributed by atoms with Gasteiger partial charge in [0.05, 0.1) is 31.5 Å². The maximum atomic E-state index is 13.3. The van der Waals surface area contributed by atoms with Crippen LogP contribution in [0, 0.1) is 0 Å². The van der Waals surface area contributed by atoms with Gasteiger partial charge in [0.2, 0.25) is 5.91 Å². The van der Waals surface area contributed by atoms with Gasteiger partial charge in [-0.1, -0.05) is 30.3 Å². The number of anilines is 2. The Kier molecular flexibility index (Phi) is 6.12. The lowest BCUT2D eigenvalue weighted by Gasteiger charge is -2.21. The Morgan fingerprint density at radius 3 is 2.53 bits per heavy atom. The molecule has 3 aromatic rings. The number of hydrogen-bond donors (Lipinski definition) is 1. The lowest BCUT2D eigenvalue weighted by molar-refractivity contribution is -0.124. The van der Waals surface area contributed by atoms with E-state index in [0.29, 0.717) is 22.8 Å². The molecule has 4 amide bonds. The van der Waals surface area contributed by atoms with E-state index in [1.807, 2.05) is 12.1 Å². The molecule has 1 aromatic heterocycles. The number of nitrogens with zero attached hydrogens (tertiary/aromatic N) is 3. The van der Waals surface area contributed by atoms with E-state index in [2.05, 4.69) is 10.3 Å². The fourth-order valence-corrected chi connectivity index (χ4v) is 3.58. The largest absolute Gasteiger partial charge is 0.497 e. The van der Waals surface area contributed by atoms with Crippen molar-refractivity contribution in [3.8, 4) is 5.75 Å². The predicted molar refractivity (Wildman–Crippen MR) is 119 cm³/mol. The van der Waals surface area contributed by atoms with Crippen molar-refractivity contribution in [2.45, 2.75) is 19.0 Å². The van der Waals surface area contributed by atoms with Crippen LogP contribution in [0.3, 0.4) is 0 Å². The van der Waals surface area contributed by atoms with Crippen molar-refractivity contribution in [2.75, 3.05) is 17.3 Å². The Morgan fingerprint density at radius 1 is 1.03 bits per heavy atom. The highest BCUT2D eigenvalue weighted by Gasteiger charge is 2.46. The first-order valence-corrected chi connectivity index (χ1v) is 10.1. The van der Waals surface area contributed by atoms with Crippen LogP contribution in [0.5, 0.6) is 5.75 Å². The number of nitrogens with one attached hydrogen (secondary N) is 1. The van der Waals surface area contributed by atoms with Crippen molar-refractivity contribution in [3.63, 3.8) is 0 Å². The van der Waals surface area contributed by atoms with E-state index in [9.17, 15) is 14.4 Å². The molecule has 0 radical (unpaired) electrons. The van der Waals surface area contributed by atoms with Gasteiger partial charge in [-0.25, -0.2) is 9.69 Å². The molecule has 0 spiro atoms. The summed E-state index contributed by atoms with van der Waals surface area (Å²) in [4.78, 5) is 46.1. The minimum Gasteiger partial charge on any atom is -0.497 e. The number of rotatable bonds is 7. The average molecular weight is 430 g/mol. The molecule has 0 aliphatic carbocycles. The molecule has 8 nitrogen and oxygen atoms in total. The number of carbonyl (C=O) groups excluding carboxylic acids is 3. The Balaban J connectivity index is 1.62. The molecule has 1 aliphatic heterocycles. The Hall–Kier alpha value is -4.20. The number of aromatic nitrogens is 1. The van der Waals surface area contributed by atoms with Crippen LogP contribution in [0.1, 0.15) is 12.1 Å². The van der Waals surface area contributed by atoms with Crippen LogP contribution in [-0.4, -0.2) is 40.9 Å². The first-order chi connectivity index (χ1) is 15.6. The third-order valence-corrected chi connectivity index (χ3v) is 5.12. The fraction of sp³-hybridized carbons (Fsp3) is 0.167. The molecule has 4 rings (SSSR count). The van der Waals surface area contributed by atoms with Gasteiger partial charge in [-0.3, -0.25) is 14.6 Å². The van der Waals surface area contributed by atoms with Crippen LogP contribution >= 0.6 is 0 Å². The summed E-state index contributed by atoms with van der Waals surface area (Å²) in [5.74, 6) is -0.312. The second-order valence-corrected chi connectivity index (χ2v) is 7.24. The standard InChI is InChI=1S/C24H22N4O4/c1-32-20-12-7-11-19(14-20)28-23(30)21(15-22(29)26-17-8-3-2-4-9-17)27(24(28)31)16-18-10-5-6-13-25-18/h2-14,21H,15-16H2,1H3,(H,26,29)/t21-/m0/s1. The smallest absolute Gasteiger partial charge is 0.332 e. The van der Waals surface area contributed by atoms with Gasteiger partial charge in [0.25, 0.3) is 5.91 Å². The number of methoxy groups -OCH3 is 1. The summed E-state index contributed by atoms with van der Waals surface area (Å²) in [5, 5.41) is 2.78. The molecular formula is C24H22N4O4. The molecular weight excluding hydrogens is 408 g/mol. The number of para-hydroxylation sites is 1. The van der Waals surface area contributed by atoms with Gasteiger partial charge in [-0.05, 0) is 36.4 Å². The van der Waals surface area contributed by atoms with Crippen LogP contribution in [0.4, 0.5) is 16.2 Å². The Bertz CT molecular complexity index is 1120.